The van der Waals surface area contributed by atoms with E-state index in [1.165, 1.54) is 6.08 Å². The van der Waals surface area contributed by atoms with Gasteiger partial charge in [0.15, 0.2) is 0 Å². The van der Waals surface area contributed by atoms with Gasteiger partial charge in [-0.1, -0.05) is 45.8 Å². The molecule has 2 aliphatic carbocycles. The van der Waals surface area contributed by atoms with Crippen LogP contribution >= 0.6 is 0 Å². The van der Waals surface area contributed by atoms with Crippen LogP contribution < -0.4 is 16.0 Å². The van der Waals surface area contributed by atoms with Crippen molar-refractivity contribution in [2.24, 2.45) is 23.2 Å². The number of alkyl carbamates (subject to hydrolysis) is 1. The zero-order chi connectivity index (χ0) is 36.0. The van der Waals surface area contributed by atoms with Crippen LogP contribution in [0.25, 0.3) is 0 Å². The Hall–Kier alpha value is -3.70. The summed E-state index contributed by atoms with van der Waals surface area (Å²) in [6, 6.07) is -2.91. The Kier molecular flexibility index (Phi) is 12.7. The third-order valence-electron chi connectivity index (χ3n) is 9.82. The van der Waals surface area contributed by atoms with Gasteiger partial charge in [-0.05, 0) is 89.5 Å². The van der Waals surface area contributed by atoms with Gasteiger partial charge in [-0.3, -0.25) is 24.0 Å². The number of nitrogens with one attached hydrogen (secondary N) is 3. The third-order valence-corrected chi connectivity index (χ3v) is 9.82. The summed E-state index contributed by atoms with van der Waals surface area (Å²) >= 11 is 0. The number of likely N-dealkylation sites (tertiary alicyclic amines) is 1. The molecule has 0 bridgehead atoms. The Morgan fingerprint density at radius 2 is 1.60 bits per heavy atom. The molecule has 1 heterocycles. The fraction of sp³-hybridized carbons (Fsp3) is 0.722. The first kappa shape index (κ1) is 38.7. The number of allylic oxidation sites excluding steroid dienone is 1. The first-order valence-corrected chi connectivity index (χ1v) is 17.2. The number of ketones is 1. The molecule has 0 radical (unpaired) electrons. The smallest absolute Gasteiger partial charge is 0.408 e. The number of hydrogen-bond donors (Lipinski definition) is 3. The molecule has 268 valence electrons. The van der Waals surface area contributed by atoms with Crippen LogP contribution in [-0.2, 0) is 33.4 Å². The van der Waals surface area contributed by atoms with Crippen LogP contribution in [0.4, 0.5) is 4.79 Å². The number of carbonyl (C=O) groups is 6. The van der Waals surface area contributed by atoms with Crippen molar-refractivity contribution < 1.29 is 38.2 Å². The van der Waals surface area contributed by atoms with E-state index in [9.17, 15) is 28.8 Å². The van der Waals surface area contributed by atoms with Crippen molar-refractivity contribution in [1.29, 1.82) is 0 Å². The van der Waals surface area contributed by atoms with Gasteiger partial charge in [0.25, 0.3) is 5.91 Å². The molecular weight excluding hydrogens is 616 g/mol. The Balaban J connectivity index is 1.76. The summed E-state index contributed by atoms with van der Waals surface area (Å²) in [7, 11) is 0. The molecule has 5 atom stereocenters. The summed E-state index contributed by atoms with van der Waals surface area (Å²) in [6.07, 6.45) is 7.18. The van der Waals surface area contributed by atoms with Crippen LogP contribution in [0.15, 0.2) is 25.3 Å². The normalized spacial score (nSPS) is 23.1. The number of nitrogens with zero attached hydrogens (tertiary/aromatic N) is 1. The quantitative estimate of drug-likeness (QED) is 0.134. The van der Waals surface area contributed by atoms with E-state index in [0.717, 1.165) is 32.1 Å². The first-order valence-electron chi connectivity index (χ1n) is 17.2. The van der Waals surface area contributed by atoms with Crippen LogP contribution in [-0.4, -0.2) is 82.9 Å². The monoisotopic (exact) mass is 672 g/mol. The number of piperidine rings is 1. The summed E-state index contributed by atoms with van der Waals surface area (Å²) < 4.78 is 10.8. The van der Waals surface area contributed by atoms with Crippen molar-refractivity contribution in [3.05, 3.63) is 25.3 Å². The molecule has 12 heteroatoms. The Morgan fingerprint density at radius 3 is 2.19 bits per heavy atom. The lowest BCUT2D eigenvalue weighted by Gasteiger charge is -2.37. The summed E-state index contributed by atoms with van der Waals surface area (Å²) in [4.78, 5) is 81.1. The van der Waals surface area contributed by atoms with Crippen LogP contribution in [0.1, 0.15) is 99.8 Å². The van der Waals surface area contributed by atoms with Gasteiger partial charge in [-0.25, -0.2) is 4.79 Å². The van der Waals surface area contributed by atoms with Gasteiger partial charge in [0.05, 0.1) is 12.5 Å². The molecule has 2 saturated carbocycles. The Morgan fingerprint density at radius 1 is 0.958 bits per heavy atom. The van der Waals surface area contributed by atoms with E-state index in [-0.39, 0.29) is 48.5 Å². The SMILES string of the molecule is C=CCCC(NC(=O)[C@@H]1[C@H]2[C@@H](CN1C(=O)[C@@H](NC(=O)OC(C)(C)C)C1CCCCC1)C2(C)C)C(=O)C(=O)NCCC(=O)OC(C)(C)C=C. The minimum Gasteiger partial charge on any atom is -0.455 e. The van der Waals surface area contributed by atoms with Crippen LogP contribution in [0.2, 0.25) is 0 Å². The van der Waals surface area contributed by atoms with E-state index >= 15 is 0 Å². The molecule has 0 aromatic rings. The van der Waals surface area contributed by atoms with Gasteiger partial charge in [-0.15, -0.1) is 6.58 Å². The number of amides is 4. The molecule has 4 amide bonds. The molecule has 0 aromatic carbocycles. The van der Waals surface area contributed by atoms with Crippen molar-refractivity contribution in [2.75, 3.05) is 13.1 Å². The van der Waals surface area contributed by atoms with E-state index in [2.05, 4.69) is 43.0 Å². The van der Waals surface area contributed by atoms with Crippen LogP contribution in [0, 0.1) is 23.2 Å². The lowest BCUT2D eigenvalue weighted by Crippen LogP contribution is -2.59. The van der Waals surface area contributed by atoms with Crippen LogP contribution in [0.3, 0.4) is 0 Å². The molecule has 1 aliphatic heterocycles. The number of Topliss-reactive ketones (excluding diaryl/α,β-unsaturated/α-hetero) is 1. The predicted octanol–water partition coefficient (Wildman–Crippen LogP) is 3.98. The molecule has 1 unspecified atom stereocenters. The average Bonchev–Trinajstić information content (AvgIpc) is 3.32. The topological polar surface area (TPSA) is 160 Å². The average molecular weight is 673 g/mol. The zero-order valence-electron chi connectivity index (χ0n) is 29.8. The minimum absolute atomic E-state index is 0.0715. The van der Waals surface area contributed by atoms with E-state index in [0.29, 0.717) is 13.0 Å². The summed E-state index contributed by atoms with van der Waals surface area (Å²) in [5, 5.41) is 8.06. The number of esters is 1. The fourth-order valence-electron chi connectivity index (χ4n) is 7.00. The summed E-state index contributed by atoms with van der Waals surface area (Å²) in [6.45, 7) is 20.2. The van der Waals surface area contributed by atoms with E-state index in [1.807, 2.05) is 0 Å². The molecule has 0 spiro atoms. The second-order valence-corrected chi connectivity index (χ2v) is 15.5. The number of carbonyl (C=O) groups excluding carboxylic acids is 6. The van der Waals surface area contributed by atoms with E-state index in [4.69, 9.17) is 9.47 Å². The molecule has 1 saturated heterocycles. The highest BCUT2D eigenvalue weighted by Crippen LogP contribution is 2.65. The Bertz CT molecular complexity index is 1260. The van der Waals surface area contributed by atoms with Gasteiger partial charge in [0.2, 0.25) is 17.6 Å². The van der Waals surface area contributed by atoms with Gasteiger partial charge in [0, 0.05) is 13.1 Å². The van der Waals surface area contributed by atoms with Gasteiger partial charge in [0.1, 0.15) is 23.3 Å². The molecule has 3 fully saturated rings. The van der Waals surface area contributed by atoms with Crippen molar-refractivity contribution in [1.82, 2.24) is 20.9 Å². The highest BCUT2D eigenvalue weighted by molar-refractivity contribution is 6.38. The Labute approximate surface area is 285 Å². The maximum atomic E-state index is 14.3. The largest absolute Gasteiger partial charge is 0.455 e. The lowest BCUT2D eigenvalue weighted by molar-refractivity contribution is -0.152. The molecule has 3 rings (SSSR count). The first-order chi connectivity index (χ1) is 22.3. The number of hydrogen-bond acceptors (Lipinski definition) is 8. The summed E-state index contributed by atoms with van der Waals surface area (Å²) in [5.41, 5.74) is -1.83. The molecule has 0 aromatic heterocycles. The lowest BCUT2D eigenvalue weighted by atomic mass is 9.83. The van der Waals surface area contributed by atoms with Crippen molar-refractivity contribution in [3.8, 4) is 0 Å². The van der Waals surface area contributed by atoms with Crippen molar-refractivity contribution in [3.63, 3.8) is 0 Å². The standard InChI is InChI=1S/C36H56N4O8/c1-10-12-18-24(29(42)31(44)37-20-19-25(41)47-35(6,7)11-2)38-30(43)28-26-23(36(26,8)9)21-40(28)32(45)27(22-16-14-13-15-17-22)39-33(46)48-34(3,4)5/h10-11,22-24,26-28H,1-2,12-21H2,3-9H3,(H,37,44)(H,38,43)(H,39,46)/t23-,24?,26-,27+,28+/m1/s1. The van der Waals surface area contributed by atoms with E-state index in [1.54, 1.807) is 45.6 Å². The number of fused-ring (bicyclic) bond motifs is 1. The van der Waals surface area contributed by atoms with E-state index < -0.39 is 59.0 Å². The van der Waals surface area contributed by atoms with Crippen molar-refractivity contribution in [2.45, 2.75) is 129 Å². The van der Waals surface area contributed by atoms with Crippen molar-refractivity contribution >= 4 is 35.6 Å². The molecule has 3 aliphatic rings. The highest BCUT2D eigenvalue weighted by Gasteiger charge is 2.69. The summed E-state index contributed by atoms with van der Waals surface area (Å²) in [5.74, 6) is -3.41. The number of ether oxygens (including phenoxy) is 2. The zero-order valence-corrected chi connectivity index (χ0v) is 29.8. The fourth-order valence-corrected chi connectivity index (χ4v) is 7.00. The second-order valence-electron chi connectivity index (χ2n) is 15.5. The highest BCUT2D eigenvalue weighted by atomic mass is 16.6. The van der Waals surface area contributed by atoms with Gasteiger partial charge < -0.3 is 30.3 Å². The molecule has 48 heavy (non-hydrogen) atoms. The maximum absolute atomic E-state index is 14.3. The second kappa shape index (κ2) is 15.7. The predicted molar refractivity (Wildman–Crippen MR) is 180 cm³/mol. The van der Waals surface area contributed by atoms with Gasteiger partial charge in [-0.2, -0.15) is 0 Å². The van der Waals surface area contributed by atoms with Crippen LogP contribution in [0.5, 0.6) is 0 Å². The minimum atomic E-state index is -1.17. The maximum Gasteiger partial charge on any atom is 0.408 e. The molecule has 3 N–H and O–H groups in total. The third kappa shape index (κ3) is 9.92. The number of rotatable bonds is 15. The van der Waals surface area contributed by atoms with Gasteiger partial charge >= 0.3 is 12.1 Å². The molecular formula is C36H56N4O8. The molecule has 12 nitrogen and oxygen atoms in total.